The highest BCUT2D eigenvalue weighted by molar-refractivity contribution is 6.36. The summed E-state index contributed by atoms with van der Waals surface area (Å²) in [6.07, 6.45) is 4.36. The van der Waals surface area contributed by atoms with Crippen LogP contribution in [0.1, 0.15) is 36.8 Å². The van der Waals surface area contributed by atoms with E-state index in [4.69, 9.17) is 39.5 Å². The Morgan fingerprint density at radius 3 is 2.16 bits per heavy atom. The van der Waals surface area contributed by atoms with Crippen LogP contribution in [0, 0.1) is 0 Å². The summed E-state index contributed by atoms with van der Waals surface area (Å²) in [4.78, 5) is 28.9. The maximum atomic E-state index is 13.7. The first-order valence-electron chi connectivity index (χ1n) is 12.4. The summed E-state index contributed by atoms with van der Waals surface area (Å²) in [6, 6.07) is 21.1. The van der Waals surface area contributed by atoms with Gasteiger partial charge in [-0.25, -0.2) is 0 Å². The number of amides is 2. The maximum absolute atomic E-state index is 13.7. The van der Waals surface area contributed by atoms with E-state index in [1.54, 1.807) is 42.5 Å². The number of carbonyl (C=O) groups is 2. The van der Waals surface area contributed by atoms with E-state index in [9.17, 15) is 9.59 Å². The van der Waals surface area contributed by atoms with E-state index in [1.165, 1.54) is 4.90 Å². The molecule has 37 heavy (non-hydrogen) atoms. The summed E-state index contributed by atoms with van der Waals surface area (Å²) < 4.78 is 5.77. The third-order valence-corrected chi connectivity index (χ3v) is 7.57. The van der Waals surface area contributed by atoms with Gasteiger partial charge in [0.2, 0.25) is 5.91 Å². The highest BCUT2D eigenvalue weighted by atomic mass is 35.5. The van der Waals surface area contributed by atoms with Crippen LogP contribution in [-0.2, 0) is 22.6 Å². The minimum absolute atomic E-state index is 0.0544. The molecule has 1 N–H and O–H groups in total. The van der Waals surface area contributed by atoms with Gasteiger partial charge in [-0.05, 0) is 42.7 Å². The lowest BCUT2D eigenvalue weighted by molar-refractivity contribution is -0.143. The van der Waals surface area contributed by atoms with Gasteiger partial charge in [0.1, 0.15) is 11.8 Å². The number of hydrogen-bond acceptors (Lipinski definition) is 3. The first-order valence-corrected chi connectivity index (χ1v) is 13.5. The lowest BCUT2D eigenvalue weighted by Crippen LogP contribution is -2.53. The molecule has 1 atom stereocenters. The van der Waals surface area contributed by atoms with E-state index in [0.29, 0.717) is 32.8 Å². The number of halogens is 3. The van der Waals surface area contributed by atoms with Crippen molar-refractivity contribution in [3.8, 4) is 5.75 Å². The van der Waals surface area contributed by atoms with Crippen molar-refractivity contribution < 1.29 is 14.3 Å². The average Bonchev–Trinajstić information content (AvgIpc) is 3.40. The maximum Gasteiger partial charge on any atom is 0.261 e. The van der Waals surface area contributed by atoms with E-state index >= 15 is 0 Å². The molecule has 0 heterocycles. The highest BCUT2D eigenvalue weighted by Crippen LogP contribution is 2.28. The molecule has 5 nitrogen and oxygen atoms in total. The Bertz CT molecular complexity index is 1200. The number of rotatable bonds is 10. The lowest BCUT2D eigenvalue weighted by Gasteiger charge is -2.32. The summed E-state index contributed by atoms with van der Waals surface area (Å²) >= 11 is 19.2. The largest absolute Gasteiger partial charge is 0.482 e. The van der Waals surface area contributed by atoms with Gasteiger partial charge in [-0.3, -0.25) is 9.59 Å². The zero-order valence-corrected chi connectivity index (χ0v) is 22.6. The van der Waals surface area contributed by atoms with E-state index in [2.05, 4.69) is 5.32 Å². The number of benzene rings is 3. The first kappa shape index (κ1) is 27.3. The van der Waals surface area contributed by atoms with Gasteiger partial charge in [0.15, 0.2) is 6.61 Å². The third kappa shape index (κ3) is 7.41. The second-order valence-corrected chi connectivity index (χ2v) is 10.4. The molecule has 3 aromatic carbocycles. The fourth-order valence-electron chi connectivity index (χ4n) is 4.56. The first-order chi connectivity index (χ1) is 17.9. The Morgan fingerprint density at radius 2 is 1.49 bits per heavy atom. The third-order valence-electron chi connectivity index (χ3n) is 6.55. The Balaban J connectivity index is 1.66. The monoisotopic (exact) mass is 558 g/mol. The number of para-hydroxylation sites is 1. The Kier molecular flexibility index (Phi) is 9.73. The predicted molar refractivity (Wildman–Crippen MR) is 148 cm³/mol. The quantitative estimate of drug-likeness (QED) is 0.300. The molecule has 3 aromatic rings. The SMILES string of the molecule is O=C(NC1CCCC1)[C@@H](Cc1ccccc1)N(Cc1c(Cl)cccc1Cl)C(=O)COc1ccccc1Cl. The zero-order chi connectivity index (χ0) is 26.2. The van der Waals surface area contributed by atoms with Gasteiger partial charge in [0.05, 0.1) is 5.02 Å². The molecular formula is C29H29Cl3N2O3. The number of carbonyl (C=O) groups excluding carboxylic acids is 2. The van der Waals surface area contributed by atoms with Crippen LogP contribution >= 0.6 is 34.8 Å². The Labute approximate surface area is 232 Å². The molecule has 8 heteroatoms. The molecule has 0 saturated heterocycles. The van der Waals surface area contributed by atoms with Crippen LogP contribution in [0.3, 0.4) is 0 Å². The number of hydrogen-bond donors (Lipinski definition) is 1. The van der Waals surface area contributed by atoms with E-state index < -0.39 is 6.04 Å². The molecule has 0 bridgehead atoms. The van der Waals surface area contributed by atoms with Gasteiger partial charge < -0.3 is 15.0 Å². The summed E-state index contributed by atoms with van der Waals surface area (Å²) in [6.45, 7) is -0.243. The molecule has 2 amide bonds. The number of ether oxygens (including phenoxy) is 1. The lowest BCUT2D eigenvalue weighted by atomic mass is 10.0. The molecule has 0 spiro atoms. The van der Waals surface area contributed by atoms with Crippen LogP contribution < -0.4 is 10.1 Å². The Hall–Kier alpha value is -2.73. The molecule has 1 saturated carbocycles. The minimum atomic E-state index is -0.794. The predicted octanol–water partition coefficient (Wildman–Crippen LogP) is 6.72. The molecule has 1 fully saturated rings. The second-order valence-electron chi connectivity index (χ2n) is 9.14. The van der Waals surface area contributed by atoms with Crippen LogP contribution in [0.4, 0.5) is 0 Å². The van der Waals surface area contributed by atoms with E-state index in [-0.39, 0.29) is 31.0 Å². The summed E-state index contributed by atoms with van der Waals surface area (Å²) in [7, 11) is 0. The summed E-state index contributed by atoms with van der Waals surface area (Å²) in [5, 5.41) is 4.42. The van der Waals surface area contributed by atoms with Crippen molar-refractivity contribution >= 4 is 46.6 Å². The van der Waals surface area contributed by atoms with Crippen molar-refractivity contribution in [2.24, 2.45) is 0 Å². The molecule has 0 radical (unpaired) electrons. The molecule has 0 aliphatic heterocycles. The van der Waals surface area contributed by atoms with Gasteiger partial charge >= 0.3 is 0 Å². The fraction of sp³-hybridized carbons (Fsp3) is 0.310. The molecule has 0 unspecified atom stereocenters. The number of nitrogens with zero attached hydrogens (tertiary/aromatic N) is 1. The average molecular weight is 560 g/mol. The van der Waals surface area contributed by atoms with Crippen LogP contribution in [0.25, 0.3) is 0 Å². The van der Waals surface area contributed by atoms with Crippen LogP contribution in [0.5, 0.6) is 5.75 Å². The van der Waals surface area contributed by atoms with E-state index in [1.807, 2.05) is 30.3 Å². The molecular weight excluding hydrogens is 531 g/mol. The van der Waals surface area contributed by atoms with Crippen molar-refractivity contribution in [2.75, 3.05) is 6.61 Å². The smallest absolute Gasteiger partial charge is 0.261 e. The topological polar surface area (TPSA) is 58.6 Å². The normalized spacial score (nSPS) is 14.2. The van der Waals surface area contributed by atoms with Crippen molar-refractivity contribution in [1.82, 2.24) is 10.2 Å². The molecule has 194 valence electrons. The minimum Gasteiger partial charge on any atom is -0.482 e. The molecule has 4 rings (SSSR count). The van der Waals surface area contributed by atoms with Crippen LogP contribution in [-0.4, -0.2) is 35.4 Å². The van der Waals surface area contributed by atoms with E-state index in [0.717, 1.165) is 31.2 Å². The summed E-state index contributed by atoms with van der Waals surface area (Å²) in [5.41, 5.74) is 1.51. The van der Waals surface area contributed by atoms with Gasteiger partial charge in [-0.15, -0.1) is 0 Å². The van der Waals surface area contributed by atoms with Crippen molar-refractivity contribution in [2.45, 2.75) is 50.7 Å². The van der Waals surface area contributed by atoms with Crippen molar-refractivity contribution in [3.63, 3.8) is 0 Å². The summed E-state index contributed by atoms with van der Waals surface area (Å²) in [5.74, 6) is -0.188. The van der Waals surface area contributed by atoms with Crippen molar-refractivity contribution in [1.29, 1.82) is 0 Å². The van der Waals surface area contributed by atoms with Gasteiger partial charge in [0.25, 0.3) is 5.91 Å². The highest BCUT2D eigenvalue weighted by Gasteiger charge is 2.33. The fourth-order valence-corrected chi connectivity index (χ4v) is 5.27. The van der Waals surface area contributed by atoms with Crippen molar-refractivity contribution in [3.05, 3.63) is 99.0 Å². The molecule has 1 aliphatic rings. The Morgan fingerprint density at radius 1 is 0.865 bits per heavy atom. The van der Waals surface area contributed by atoms with Gasteiger partial charge in [-0.1, -0.05) is 96.2 Å². The molecule has 1 aliphatic carbocycles. The second kappa shape index (κ2) is 13.2. The zero-order valence-electron chi connectivity index (χ0n) is 20.3. The van der Waals surface area contributed by atoms with Crippen LogP contribution in [0.15, 0.2) is 72.8 Å². The van der Waals surface area contributed by atoms with Crippen LogP contribution in [0.2, 0.25) is 15.1 Å². The number of nitrogens with one attached hydrogen (secondary N) is 1. The van der Waals surface area contributed by atoms with Gasteiger partial charge in [-0.2, -0.15) is 0 Å². The molecule has 0 aromatic heterocycles. The van der Waals surface area contributed by atoms with Gasteiger partial charge in [0, 0.05) is 34.6 Å². The standard InChI is InChI=1S/C29H29Cl3N2O3/c30-23-14-8-15-24(31)22(23)18-34(28(35)19-37-27-16-7-6-13-25(27)32)26(17-20-9-2-1-3-10-20)29(36)33-21-11-4-5-12-21/h1-3,6-10,13-16,21,26H,4-5,11-12,17-19H2,(H,33,36)/t26-/m1/s1.